The molecule has 0 aromatic heterocycles. The molecule has 0 aliphatic carbocycles. The highest BCUT2D eigenvalue weighted by Crippen LogP contribution is 2.21. The summed E-state index contributed by atoms with van der Waals surface area (Å²) in [4.78, 5) is 10.6. The fourth-order valence-corrected chi connectivity index (χ4v) is 2.72. The van der Waals surface area contributed by atoms with Crippen LogP contribution in [0.15, 0.2) is 23.1 Å². The normalized spacial score (nSPS) is 11.4. The van der Waals surface area contributed by atoms with Crippen LogP contribution in [0.25, 0.3) is 0 Å². The highest BCUT2D eigenvalue weighted by atomic mass is 35.5. The van der Waals surface area contributed by atoms with Crippen LogP contribution in [0.5, 0.6) is 0 Å². The highest BCUT2D eigenvalue weighted by Gasteiger charge is 2.18. The molecule has 1 N–H and O–H groups in total. The van der Waals surface area contributed by atoms with Crippen molar-refractivity contribution in [2.75, 3.05) is 12.4 Å². The molecule has 0 spiro atoms. The zero-order chi connectivity index (χ0) is 13.1. The second kappa shape index (κ2) is 5.46. The van der Waals surface area contributed by atoms with Crippen LogP contribution in [-0.2, 0) is 9.84 Å². The van der Waals surface area contributed by atoms with E-state index in [4.69, 9.17) is 16.7 Å². The third-order valence-electron chi connectivity index (χ3n) is 2.07. The van der Waals surface area contributed by atoms with Crippen LogP contribution in [-0.4, -0.2) is 31.9 Å². The van der Waals surface area contributed by atoms with Crippen molar-refractivity contribution in [3.8, 4) is 0 Å². The molecule has 0 aliphatic heterocycles. The van der Waals surface area contributed by atoms with Gasteiger partial charge in [-0.15, -0.1) is 0 Å². The van der Waals surface area contributed by atoms with Gasteiger partial charge < -0.3 is 5.11 Å². The quantitative estimate of drug-likeness (QED) is 0.897. The maximum Gasteiger partial charge on any atom is 0.337 e. The number of hydrogen-bond acceptors (Lipinski definition) is 3. The van der Waals surface area contributed by atoms with Crippen LogP contribution in [0, 0.1) is 0 Å². The number of benzene rings is 1. The molecule has 17 heavy (non-hydrogen) atoms. The van der Waals surface area contributed by atoms with Gasteiger partial charge in [0.2, 0.25) is 0 Å². The van der Waals surface area contributed by atoms with Crippen molar-refractivity contribution in [2.45, 2.75) is 11.3 Å². The Kier molecular flexibility index (Phi) is 4.47. The Balaban J connectivity index is 3.16. The minimum atomic E-state index is -3.66. The molecule has 1 rings (SSSR count). The van der Waals surface area contributed by atoms with E-state index >= 15 is 0 Å². The van der Waals surface area contributed by atoms with Gasteiger partial charge >= 0.3 is 5.97 Å². The molecule has 0 atom stereocenters. The molecular formula is C10H10ClFO4S. The zero-order valence-electron chi connectivity index (χ0n) is 8.69. The molecule has 0 saturated carbocycles. The molecular weight excluding hydrogens is 271 g/mol. The van der Waals surface area contributed by atoms with Gasteiger partial charge in [-0.25, -0.2) is 13.2 Å². The Morgan fingerprint density at radius 3 is 2.59 bits per heavy atom. The molecule has 0 saturated heterocycles. The van der Waals surface area contributed by atoms with Gasteiger partial charge in [0.1, 0.15) is 0 Å². The first-order chi connectivity index (χ1) is 7.88. The minimum Gasteiger partial charge on any atom is -0.478 e. The van der Waals surface area contributed by atoms with E-state index in [1.807, 2.05) is 0 Å². The van der Waals surface area contributed by atoms with Crippen molar-refractivity contribution in [3.05, 3.63) is 28.8 Å². The molecule has 0 heterocycles. The van der Waals surface area contributed by atoms with E-state index in [9.17, 15) is 17.6 Å². The molecule has 1 aromatic rings. The lowest BCUT2D eigenvalue weighted by atomic mass is 10.2. The summed E-state index contributed by atoms with van der Waals surface area (Å²) in [5, 5.41) is 8.75. The molecule has 0 aliphatic rings. The third-order valence-corrected chi connectivity index (χ3v) is 4.20. The van der Waals surface area contributed by atoms with Gasteiger partial charge in [-0.2, -0.15) is 0 Å². The predicted octanol–water partition coefficient (Wildman–Crippen LogP) is 2.17. The lowest BCUT2D eigenvalue weighted by Crippen LogP contribution is -2.09. The second-order valence-corrected chi connectivity index (χ2v) is 5.82. The average molecular weight is 281 g/mol. The van der Waals surface area contributed by atoms with Gasteiger partial charge in [0, 0.05) is 0 Å². The van der Waals surface area contributed by atoms with Crippen LogP contribution in [0.2, 0.25) is 5.02 Å². The summed E-state index contributed by atoms with van der Waals surface area (Å²) >= 11 is 5.61. The van der Waals surface area contributed by atoms with E-state index in [2.05, 4.69) is 0 Å². The summed E-state index contributed by atoms with van der Waals surface area (Å²) in [6.45, 7) is -0.737. The van der Waals surface area contributed by atoms with E-state index < -0.39 is 22.5 Å². The molecule has 94 valence electrons. The van der Waals surface area contributed by atoms with Crippen LogP contribution in [0.3, 0.4) is 0 Å². The average Bonchev–Trinajstić information content (AvgIpc) is 2.26. The number of aromatic carboxylic acids is 1. The van der Waals surface area contributed by atoms with Gasteiger partial charge in [-0.3, -0.25) is 4.39 Å². The Bertz CT molecular complexity index is 527. The SMILES string of the molecule is O=C(O)c1cc(S(=O)(=O)CCCF)ccc1Cl. The van der Waals surface area contributed by atoms with Crippen LogP contribution < -0.4 is 0 Å². The summed E-state index contributed by atoms with van der Waals surface area (Å²) in [5.74, 6) is -1.66. The standard InChI is InChI=1S/C10H10ClFO4S/c11-9-3-2-7(6-8(9)10(13)14)17(15,16)5-1-4-12/h2-3,6H,1,4-5H2,(H,13,14). The van der Waals surface area contributed by atoms with Crippen molar-refractivity contribution in [2.24, 2.45) is 0 Å². The largest absolute Gasteiger partial charge is 0.478 e. The van der Waals surface area contributed by atoms with Crippen molar-refractivity contribution in [3.63, 3.8) is 0 Å². The first kappa shape index (κ1) is 13.9. The Morgan fingerprint density at radius 2 is 2.06 bits per heavy atom. The molecule has 0 fully saturated rings. The van der Waals surface area contributed by atoms with E-state index in [1.165, 1.54) is 12.1 Å². The number of rotatable bonds is 5. The zero-order valence-corrected chi connectivity index (χ0v) is 10.3. The number of sulfone groups is 1. The van der Waals surface area contributed by atoms with Gasteiger partial charge in [0.15, 0.2) is 9.84 Å². The maximum atomic E-state index is 11.9. The summed E-state index contributed by atoms with van der Waals surface area (Å²) in [7, 11) is -3.66. The van der Waals surface area contributed by atoms with Crippen molar-refractivity contribution in [1.29, 1.82) is 0 Å². The summed E-state index contributed by atoms with van der Waals surface area (Å²) in [6, 6.07) is 3.40. The smallest absolute Gasteiger partial charge is 0.337 e. The fourth-order valence-electron chi connectivity index (χ4n) is 1.22. The number of alkyl halides is 1. The fraction of sp³-hybridized carbons (Fsp3) is 0.300. The van der Waals surface area contributed by atoms with E-state index in [0.717, 1.165) is 6.07 Å². The number of carboxylic acids is 1. The first-order valence-electron chi connectivity index (χ1n) is 4.70. The molecule has 0 amide bonds. The molecule has 4 nitrogen and oxygen atoms in total. The second-order valence-electron chi connectivity index (χ2n) is 3.31. The minimum absolute atomic E-state index is 0.0399. The molecule has 0 radical (unpaired) electrons. The number of hydrogen-bond donors (Lipinski definition) is 1. The Hall–Kier alpha value is -1.14. The topological polar surface area (TPSA) is 71.4 Å². The van der Waals surface area contributed by atoms with E-state index in [-0.39, 0.29) is 27.7 Å². The maximum absolute atomic E-state index is 11.9. The van der Waals surface area contributed by atoms with Crippen LogP contribution >= 0.6 is 11.6 Å². The molecule has 0 bridgehead atoms. The molecule has 7 heteroatoms. The van der Waals surface area contributed by atoms with Gasteiger partial charge in [-0.05, 0) is 24.6 Å². The summed E-state index contributed by atoms with van der Waals surface area (Å²) in [6.07, 6.45) is -0.118. The monoisotopic (exact) mass is 280 g/mol. The molecule has 0 unspecified atom stereocenters. The van der Waals surface area contributed by atoms with Gasteiger partial charge in [-0.1, -0.05) is 11.6 Å². The number of carbonyl (C=O) groups is 1. The Labute approximate surface area is 103 Å². The third kappa shape index (κ3) is 3.41. The van der Waals surface area contributed by atoms with Gasteiger partial charge in [0.05, 0.1) is 27.9 Å². The summed E-state index contributed by atoms with van der Waals surface area (Å²) in [5.41, 5.74) is -0.284. The van der Waals surface area contributed by atoms with Crippen molar-refractivity contribution >= 4 is 27.4 Å². The summed E-state index contributed by atoms with van der Waals surface area (Å²) < 4.78 is 35.3. The molecule has 1 aromatic carbocycles. The van der Waals surface area contributed by atoms with Gasteiger partial charge in [0.25, 0.3) is 0 Å². The highest BCUT2D eigenvalue weighted by molar-refractivity contribution is 7.91. The van der Waals surface area contributed by atoms with E-state index in [1.54, 1.807) is 0 Å². The van der Waals surface area contributed by atoms with Crippen molar-refractivity contribution in [1.82, 2.24) is 0 Å². The number of halogens is 2. The Morgan fingerprint density at radius 1 is 1.41 bits per heavy atom. The lowest BCUT2D eigenvalue weighted by Gasteiger charge is -2.05. The number of carboxylic acid groups (broad SMARTS) is 1. The van der Waals surface area contributed by atoms with E-state index in [0.29, 0.717) is 0 Å². The first-order valence-corrected chi connectivity index (χ1v) is 6.73. The van der Waals surface area contributed by atoms with Crippen LogP contribution in [0.1, 0.15) is 16.8 Å². The lowest BCUT2D eigenvalue weighted by molar-refractivity contribution is 0.0697. The van der Waals surface area contributed by atoms with Crippen molar-refractivity contribution < 1.29 is 22.7 Å². The predicted molar refractivity (Wildman–Crippen MR) is 61.1 cm³/mol. The van der Waals surface area contributed by atoms with Crippen LogP contribution in [0.4, 0.5) is 4.39 Å².